The van der Waals surface area contributed by atoms with Crippen molar-refractivity contribution in [2.75, 3.05) is 13.2 Å². The Labute approximate surface area is 81.5 Å². The Morgan fingerprint density at radius 1 is 1.46 bits per heavy atom. The molecule has 0 amide bonds. The number of hydrogen-bond donors (Lipinski definition) is 2. The van der Waals surface area contributed by atoms with Crippen LogP contribution < -0.4 is 0 Å². The van der Waals surface area contributed by atoms with E-state index in [9.17, 15) is 0 Å². The number of phenols is 1. The average molecular weight is 203 g/mol. The van der Waals surface area contributed by atoms with Gasteiger partial charge < -0.3 is 14.9 Å². The number of para-hydroxylation sites is 1. The van der Waals surface area contributed by atoms with Crippen LogP contribution in [0, 0.1) is 0 Å². The second-order valence-corrected chi connectivity index (χ2v) is 3.00. The Morgan fingerprint density at radius 2 is 2.08 bits per heavy atom. The van der Waals surface area contributed by atoms with Gasteiger partial charge in [0, 0.05) is 0 Å². The van der Waals surface area contributed by atoms with Crippen LogP contribution in [0.25, 0.3) is 0 Å². The van der Waals surface area contributed by atoms with E-state index >= 15 is 0 Å². The fourth-order valence-corrected chi connectivity index (χ4v) is 0.761. The highest BCUT2D eigenvalue weighted by atomic mass is 35.5. The summed E-state index contributed by atoms with van der Waals surface area (Å²) in [6, 6.07) is 6.67. The summed E-state index contributed by atoms with van der Waals surface area (Å²) < 4.78 is 4.61. The topological polar surface area (TPSA) is 53.0 Å². The zero-order valence-electron chi connectivity index (χ0n) is 6.98. The predicted octanol–water partition coefficient (Wildman–Crippen LogP) is 1.42. The van der Waals surface area contributed by atoms with Gasteiger partial charge in [-0.05, 0) is 12.1 Å². The van der Waals surface area contributed by atoms with Gasteiger partial charge in [0.05, 0.1) is 18.2 Å². The third kappa shape index (κ3) is 4.12. The summed E-state index contributed by atoms with van der Waals surface area (Å²) in [6.45, 7) is 0.955. The van der Waals surface area contributed by atoms with Gasteiger partial charge in [-0.25, -0.2) is 0 Å². The number of benzene rings is 1. The molecular formula is C9H11ClO3. The van der Waals surface area contributed by atoms with Crippen LogP contribution in [0.5, 0.6) is 5.75 Å². The number of hydrogen-bond acceptors (Lipinski definition) is 3. The Morgan fingerprint density at radius 3 is 2.31 bits per heavy atom. The average Bonchev–Trinajstić information content (AvgIpc) is 2.94. The third-order valence-corrected chi connectivity index (χ3v) is 1.78. The first-order chi connectivity index (χ1) is 6.24. The molecule has 0 spiro atoms. The Hall–Kier alpha value is -0.770. The number of halogens is 1. The zero-order chi connectivity index (χ0) is 9.68. The fraction of sp³-hybridized carbons (Fsp3) is 0.333. The van der Waals surface area contributed by atoms with Crippen molar-refractivity contribution < 1.29 is 14.9 Å². The molecule has 72 valence electrons. The molecule has 4 heteroatoms. The first-order valence-electron chi connectivity index (χ1n) is 3.90. The second kappa shape index (κ2) is 5.07. The predicted molar refractivity (Wildman–Crippen MR) is 49.9 cm³/mol. The first kappa shape index (κ1) is 10.3. The summed E-state index contributed by atoms with van der Waals surface area (Å²) in [5, 5.41) is 17.3. The molecule has 2 N–H and O–H groups in total. The maximum atomic E-state index is 8.79. The SMILES string of the molecule is OCC1CO1.Oc1ccccc1Cl. The molecule has 13 heavy (non-hydrogen) atoms. The molecule has 1 aromatic rings. The Bertz CT molecular complexity index is 240. The number of aromatic hydroxyl groups is 1. The summed E-state index contributed by atoms with van der Waals surface area (Å²) in [5.74, 6) is 0.133. The van der Waals surface area contributed by atoms with Crippen LogP contribution in [0.15, 0.2) is 24.3 Å². The quantitative estimate of drug-likeness (QED) is 0.678. The highest BCUT2D eigenvalue weighted by Gasteiger charge is 2.19. The molecule has 1 heterocycles. The van der Waals surface area contributed by atoms with Crippen molar-refractivity contribution in [2.24, 2.45) is 0 Å². The fourth-order valence-electron chi connectivity index (χ4n) is 0.625. The molecule has 3 nitrogen and oxygen atoms in total. The molecule has 0 radical (unpaired) electrons. The lowest BCUT2D eigenvalue weighted by Crippen LogP contribution is -1.88. The molecule has 1 fully saturated rings. The van der Waals surface area contributed by atoms with Gasteiger partial charge >= 0.3 is 0 Å². The zero-order valence-corrected chi connectivity index (χ0v) is 7.74. The molecule has 0 aliphatic carbocycles. The number of aliphatic hydroxyl groups is 1. The minimum Gasteiger partial charge on any atom is -0.506 e. The van der Waals surface area contributed by atoms with Crippen molar-refractivity contribution in [3.05, 3.63) is 29.3 Å². The van der Waals surface area contributed by atoms with Gasteiger partial charge in [0.25, 0.3) is 0 Å². The van der Waals surface area contributed by atoms with Crippen molar-refractivity contribution in [3.63, 3.8) is 0 Å². The lowest BCUT2D eigenvalue weighted by Gasteiger charge is -1.89. The van der Waals surface area contributed by atoms with E-state index in [0.29, 0.717) is 5.02 Å². The van der Waals surface area contributed by atoms with E-state index in [1.807, 2.05) is 0 Å². The number of epoxide rings is 1. The Balaban J connectivity index is 0.000000145. The van der Waals surface area contributed by atoms with Crippen LogP contribution >= 0.6 is 11.6 Å². The summed E-state index contributed by atoms with van der Waals surface area (Å²) in [6.07, 6.45) is 0.190. The van der Waals surface area contributed by atoms with Gasteiger partial charge in [0.15, 0.2) is 0 Å². The highest BCUT2D eigenvalue weighted by Crippen LogP contribution is 2.20. The van der Waals surface area contributed by atoms with E-state index in [-0.39, 0.29) is 18.5 Å². The molecule has 0 aromatic heterocycles. The molecule has 1 saturated heterocycles. The molecule has 2 rings (SSSR count). The van der Waals surface area contributed by atoms with Crippen molar-refractivity contribution in [3.8, 4) is 5.75 Å². The number of aliphatic hydroxyl groups excluding tert-OH is 1. The van der Waals surface area contributed by atoms with Crippen LogP contribution in [0.1, 0.15) is 0 Å². The molecule has 0 saturated carbocycles. The van der Waals surface area contributed by atoms with Gasteiger partial charge in [-0.2, -0.15) is 0 Å². The molecule has 1 unspecified atom stereocenters. The molecule has 1 aliphatic heterocycles. The highest BCUT2D eigenvalue weighted by molar-refractivity contribution is 6.31. The van der Waals surface area contributed by atoms with Crippen LogP contribution in [-0.4, -0.2) is 29.5 Å². The van der Waals surface area contributed by atoms with Crippen molar-refractivity contribution in [2.45, 2.75) is 6.10 Å². The molecule has 0 bridgehead atoms. The van der Waals surface area contributed by atoms with E-state index in [0.717, 1.165) is 6.61 Å². The van der Waals surface area contributed by atoms with E-state index in [2.05, 4.69) is 4.74 Å². The summed E-state index contributed by atoms with van der Waals surface area (Å²) in [7, 11) is 0. The van der Waals surface area contributed by atoms with Crippen molar-refractivity contribution >= 4 is 11.6 Å². The van der Waals surface area contributed by atoms with E-state index in [1.165, 1.54) is 0 Å². The summed E-state index contributed by atoms with van der Waals surface area (Å²) in [4.78, 5) is 0. The van der Waals surface area contributed by atoms with Crippen LogP contribution in [0.3, 0.4) is 0 Å². The molecular weight excluding hydrogens is 192 g/mol. The van der Waals surface area contributed by atoms with Crippen molar-refractivity contribution in [1.29, 1.82) is 0 Å². The minimum absolute atomic E-state index is 0.133. The van der Waals surface area contributed by atoms with Crippen molar-refractivity contribution in [1.82, 2.24) is 0 Å². The van der Waals surface area contributed by atoms with Crippen LogP contribution in [0.4, 0.5) is 0 Å². The number of ether oxygens (including phenoxy) is 1. The maximum Gasteiger partial charge on any atom is 0.134 e. The van der Waals surface area contributed by atoms with E-state index < -0.39 is 0 Å². The standard InChI is InChI=1S/C6H5ClO.C3H6O2/c7-5-3-1-2-4-6(5)8;4-1-3-2-5-3/h1-4,8H;3-4H,1-2H2. The van der Waals surface area contributed by atoms with Crippen LogP contribution in [0.2, 0.25) is 5.02 Å². The summed E-state index contributed by atoms with van der Waals surface area (Å²) >= 11 is 5.46. The summed E-state index contributed by atoms with van der Waals surface area (Å²) in [5.41, 5.74) is 0. The van der Waals surface area contributed by atoms with Gasteiger partial charge in [-0.3, -0.25) is 0 Å². The van der Waals surface area contributed by atoms with Gasteiger partial charge in [0.2, 0.25) is 0 Å². The lowest BCUT2D eigenvalue weighted by atomic mass is 10.3. The minimum atomic E-state index is 0.133. The molecule has 1 atom stereocenters. The van der Waals surface area contributed by atoms with E-state index in [4.69, 9.17) is 21.8 Å². The molecule has 1 aliphatic rings. The van der Waals surface area contributed by atoms with Gasteiger partial charge in [-0.1, -0.05) is 23.7 Å². The first-order valence-corrected chi connectivity index (χ1v) is 4.28. The second-order valence-electron chi connectivity index (χ2n) is 2.59. The van der Waals surface area contributed by atoms with E-state index in [1.54, 1.807) is 24.3 Å². The smallest absolute Gasteiger partial charge is 0.134 e. The maximum absolute atomic E-state index is 8.79. The number of rotatable bonds is 1. The molecule has 1 aromatic carbocycles. The largest absolute Gasteiger partial charge is 0.506 e. The van der Waals surface area contributed by atoms with Gasteiger partial charge in [-0.15, -0.1) is 0 Å². The lowest BCUT2D eigenvalue weighted by molar-refractivity contribution is 0.244. The Kier molecular flexibility index (Phi) is 4.02. The van der Waals surface area contributed by atoms with Gasteiger partial charge in [0.1, 0.15) is 11.9 Å². The van der Waals surface area contributed by atoms with Crippen LogP contribution in [-0.2, 0) is 4.74 Å². The normalized spacial score (nSPS) is 18.8. The monoisotopic (exact) mass is 202 g/mol. The third-order valence-electron chi connectivity index (χ3n) is 1.46. The number of phenolic OH excluding ortho intramolecular Hbond substituents is 1.